The summed E-state index contributed by atoms with van der Waals surface area (Å²) >= 11 is 0. The second kappa shape index (κ2) is 4.99. The average Bonchev–Trinajstić information content (AvgIpc) is 2.46. The monoisotopic (exact) mass is 234 g/mol. The molecule has 0 aliphatic heterocycles. The van der Waals surface area contributed by atoms with E-state index in [-0.39, 0.29) is 0 Å². The van der Waals surface area contributed by atoms with Gasteiger partial charge in [0.1, 0.15) is 17.6 Å². The quantitative estimate of drug-likeness (QED) is 0.801. The molecule has 0 fully saturated rings. The van der Waals surface area contributed by atoms with Gasteiger partial charge in [-0.15, -0.1) is 0 Å². The van der Waals surface area contributed by atoms with Crippen molar-refractivity contribution in [2.75, 3.05) is 11.9 Å². The molecule has 86 valence electrons. The molecule has 4 heteroatoms. The first kappa shape index (κ1) is 11.6. The van der Waals surface area contributed by atoms with Gasteiger partial charge in [-0.2, -0.15) is 10.5 Å². The number of nitriles is 2. The van der Waals surface area contributed by atoms with Crippen LogP contribution in [0.25, 0.3) is 0 Å². The number of nitrogens with zero attached hydrogens (tertiary/aromatic N) is 4. The zero-order chi connectivity index (χ0) is 13.0. The van der Waals surface area contributed by atoms with E-state index < -0.39 is 0 Å². The highest BCUT2D eigenvalue weighted by atomic mass is 15.2. The van der Waals surface area contributed by atoms with Crippen LogP contribution >= 0.6 is 0 Å². The first-order valence-electron chi connectivity index (χ1n) is 5.35. The predicted molar refractivity (Wildman–Crippen MR) is 68.2 cm³/mol. The lowest BCUT2D eigenvalue weighted by Gasteiger charge is -2.18. The summed E-state index contributed by atoms with van der Waals surface area (Å²) in [7, 11) is 1.85. The number of aromatic nitrogens is 1. The van der Waals surface area contributed by atoms with Crippen molar-refractivity contribution in [3.63, 3.8) is 0 Å². The van der Waals surface area contributed by atoms with E-state index in [9.17, 15) is 0 Å². The van der Waals surface area contributed by atoms with E-state index in [1.54, 1.807) is 24.3 Å². The number of benzene rings is 1. The van der Waals surface area contributed by atoms with Crippen molar-refractivity contribution in [1.82, 2.24) is 4.98 Å². The van der Waals surface area contributed by atoms with Crippen LogP contribution in [0.5, 0.6) is 0 Å². The summed E-state index contributed by atoms with van der Waals surface area (Å²) in [6.45, 7) is 0. The average molecular weight is 234 g/mol. The van der Waals surface area contributed by atoms with Gasteiger partial charge in [-0.3, -0.25) is 0 Å². The number of rotatable bonds is 2. The molecule has 1 heterocycles. The van der Waals surface area contributed by atoms with Gasteiger partial charge in [0, 0.05) is 12.7 Å². The predicted octanol–water partition coefficient (Wildman–Crippen LogP) is 2.59. The third kappa shape index (κ3) is 2.28. The normalized spacial score (nSPS) is 9.28. The fourth-order valence-electron chi connectivity index (χ4n) is 1.59. The molecule has 0 aliphatic rings. The smallest absolute Gasteiger partial charge is 0.142 e. The van der Waals surface area contributed by atoms with Crippen molar-refractivity contribution in [2.24, 2.45) is 0 Å². The van der Waals surface area contributed by atoms with Crippen molar-refractivity contribution in [1.29, 1.82) is 10.5 Å². The summed E-state index contributed by atoms with van der Waals surface area (Å²) in [5.74, 6) is 0.670. The first-order chi connectivity index (χ1) is 8.74. The third-order valence-electron chi connectivity index (χ3n) is 2.56. The summed E-state index contributed by atoms with van der Waals surface area (Å²) < 4.78 is 0. The van der Waals surface area contributed by atoms with Gasteiger partial charge in [0.05, 0.1) is 11.6 Å². The minimum Gasteiger partial charge on any atom is -0.329 e. The molecule has 0 bridgehead atoms. The minimum atomic E-state index is 0.371. The number of hydrogen-bond donors (Lipinski definition) is 0. The lowest BCUT2D eigenvalue weighted by atomic mass is 10.2. The van der Waals surface area contributed by atoms with E-state index >= 15 is 0 Å². The third-order valence-corrected chi connectivity index (χ3v) is 2.56. The molecule has 18 heavy (non-hydrogen) atoms. The molecule has 0 aliphatic carbocycles. The van der Waals surface area contributed by atoms with Crippen LogP contribution in [0.3, 0.4) is 0 Å². The van der Waals surface area contributed by atoms with Gasteiger partial charge < -0.3 is 4.90 Å². The highest BCUT2D eigenvalue weighted by Crippen LogP contribution is 2.22. The van der Waals surface area contributed by atoms with Crippen LogP contribution in [0, 0.1) is 22.7 Å². The maximum Gasteiger partial charge on any atom is 0.142 e. The maximum atomic E-state index is 8.87. The van der Waals surface area contributed by atoms with Crippen LogP contribution in [-0.2, 0) is 0 Å². The Morgan fingerprint density at radius 1 is 1.06 bits per heavy atom. The Hall–Kier alpha value is -2.85. The molecular weight excluding hydrogens is 224 g/mol. The Labute approximate surface area is 105 Å². The fourth-order valence-corrected chi connectivity index (χ4v) is 1.59. The molecule has 0 amide bonds. The summed E-state index contributed by atoms with van der Waals surface area (Å²) in [5.41, 5.74) is 1.82. The van der Waals surface area contributed by atoms with Crippen molar-refractivity contribution >= 4 is 11.5 Å². The molecule has 4 nitrogen and oxygen atoms in total. The van der Waals surface area contributed by atoms with E-state index in [1.165, 1.54) is 0 Å². The molecule has 2 aromatic rings. The van der Waals surface area contributed by atoms with Crippen LogP contribution in [0.2, 0.25) is 0 Å². The molecule has 0 N–H and O–H groups in total. The van der Waals surface area contributed by atoms with Gasteiger partial charge in [-0.05, 0) is 30.3 Å². The van der Waals surface area contributed by atoms with E-state index in [1.807, 2.05) is 36.2 Å². The number of hydrogen-bond acceptors (Lipinski definition) is 4. The van der Waals surface area contributed by atoms with E-state index in [4.69, 9.17) is 10.5 Å². The van der Waals surface area contributed by atoms with Gasteiger partial charge in [0.25, 0.3) is 0 Å². The van der Waals surface area contributed by atoms with Gasteiger partial charge in [0.2, 0.25) is 0 Å². The molecule has 0 saturated heterocycles. The topological polar surface area (TPSA) is 63.7 Å². The van der Waals surface area contributed by atoms with Crippen LogP contribution in [0.15, 0.2) is 42.5 Å². The lowest BCUT2D eigenvalue weighted by Crippen LogP contribution is -2.11. The molecule has 0 unspecified atom stereocenters. The zero-order valence-corrected chi connectivity index (χ0v) is 9.83. The maximum absolute atomic E-state index is 8.87. The summed E-state index contributed by atoms with van der Waals surface area (Å²) in [6, 6.07) is 16.6. The summed E-state index contributed by atoms with van der Waals surface area (Å²) in [5, 5.41) is 17.7. The minimum absolute atomic E-state index is 0.371. The Bertz CT molecular complexity index is 592. The van der Waals surface area contributed by atoms with Crippen LogP contribution < -0.4 is 4.90 Å². The van der Waals surface area contributed by atoms with Gasteiger partial charge >= 0.3 is 0 Å². The molecule has 0 spiro atoms. The van der Waals surface area contributed by atoms with Gasteiger partial charge in [0.15, 0.2) is 0 Å². The van der Waals surface area contributed by atoms with E-state index in [2.05, 4.69) is 11.1 Å². The fraction of sp³-hybridized carbons (Fsp3) is 0.0714. The first-order valence-corrected chi connectivity index (χ1v) is 5.35. The Morgan fingerprint density at radius 3 is 2.56 bits per heavy atom. The van der Waals surface area contributed by atoms with Gasteiger partial charge in [-0.1, -0.05) is 12.1 Å². The van der Waals surface area contributed by atoms with Crippen LogP contribution in [0.1, 0.15) is 11.3 Å². The van der Waals surface area contributed by atoms with Crippen molar-refractivity contribution in [3.8, 4) is 12.1 Å². The van der Waals surface area contributed by atoms with Crippen molar-refractivity contribution in [3.05, 3.63) is 53.7 Å². The van der Waals surface area contributed by atoms with Crippen LogP contribution in [0.4, 0.5) is 11.5 Å². The molecule has 0 radical (unpaired) electrons. The number of anilines is 2. The van der Waals surface area contributed by atoms with Crippen molar-refractivity contribution < 1.29 is 0 Å². The van der Waals surface area contributed by atoms with Crippen molar-refractivity contribution in [2.45, 2.75) is 0 Å². The zero-order valence-electron chi connectivity index (χ0n) is 9.83. The SMILES string of the molecule is CN(c1cccc(C#N)c1)c1cccc(C#N)n1. The summed E-state index contributed by atoms with van der Waals surface area (Å²) in [6.07, 6.45) is 0. The second-order valence-electron chi connectivity index (χ2n) is 3.71. The Balaban J connectivity index is 2.38. The molecule has 1 aromatic carbocycles. The largest absolute Gasteiger partial charge is 0.329 e. The molecular formula is C14H10N4. The Kier molecular flexibility index (Phi) is 3.22. The summed E-state index contributed by atoms with van der Waals surface area (Å²) in [4.78, 5) is 6.04. The van der Waals surface area contributed by atoms with Gasteiger partial charge in [-0.25, -0.2) is 4.98 Å². The number of pyridine rings is 1. The Morgan fingerprint density at radius 2 is 1.83 bits per heavy atom. The molecule has 0 atom stereocenters. The van der Waals surface area contributed by atoms with Crippen LogP contribution in [-0.4, -0.2) is 12.0 Å². The van der Waals surface area contributed by atoms with E-state index in [0.29, 0.717) is 17.1 Å². The molecule has 1 aromatic heterocycles. The lowest BCUT2D eigenvalue weighted by molar-refractivity contribution is 1.11. The second-order valence-corrected chi connectivity index (χ2v) is 3.71. The van der Waals surface area contributed by atoms with E-state index in [0.717, 1.165) is 5.69 Å². The molecule has 2 rings (SSSR count). The molecule has 0 saturated carbocycles. The highest BCUT2D eigenvalue weighted by molar-refractivity contribution is 5.61. The highest BCUT2D eigenvalue weighted by Gasteiger charge is 2.06. The standard InChI is InChI=1S/C14H10N4/c1-18(13-6-2-4-11(8-13)9-15)14-7-3-5-12(10-16)17-14/h2-8H,1H3.